The summed E-state index contributed by atoms with van der Waals surface area (Å²) < 4.78 is 25.2. The fraction of sp³-hybridized carbons (Fsp3) is 0.389. The highest BCUT2D eigenvalue weighted by Crippen LogP contribution is 2.19. The summed E-state index contributed by atoms with van der Waals surface area (Å²) in [6.45, 7) is 5.95. The Morgan fingerprint density at radius 1 is 1.37 bits per heavy atom. The zero-order valence-corrected chi connectivity index (χ0v) is 18.0. The maximum absolute atomic E-state index is 12.5. The second kappa shape index (κ2) is 8.35. The SMILES string of the molecule is CC[C@@H](C)n1cc(C(=O)NCc2ccc(S(C)(=O)=O)cn2)c(=O)c(Br)c1C. The number of hydrogen-bond acceptors (Lipinski definition) is 5. The Kier molecular flexibility index (Phi) is 6.59. The van der Waals surface area contributed by atoms with E-state index in [0.29, 0.717) is 10.2 Å². The van der Waals surface area contributed by atoms with Crippen molar-refractivity contribution in [3.63, 3.8) is 0 Å². The summed E-state index contributed by atoms with van der Waals surface area (Å²) in [5.74, 6) is -0.508. The number of amides is 1. The van der Waals surface area contributed by atoms with E-state index in [1.54, 1.807) is 6.20 Å². The van der Waals surface area contributed by atoms with Crippen molar-refractivity contribution in [1.82, 2.24) is 14.9 Å². The van der Waals surface area contributed by atoms with Gasteiger partial charge in [0, 0.05) is 30.4 Å². The van der Waals surface area contributed by atoms with Gasteiger partial charge in [-0.15, -0.1) is 0 Å². The molecule has 0 fully saturated rings. The summed E-state index contributed by atoms with van der Waals surface area (Å²) in [5, 5.41) is 2.66. The van der Waals surface area contributed by atoms with E-state index in [1.165, 1.54) is 18.3 Å². The first-order valence-electron chi connectivity index (χ1n) is 8.40. The molecule has 0 saturated carbocycles. The fourth-order valence-corrected chi connectivity index (χ4v) is 3.49. The fourth-order valence-electron chi connectivity index (χ4n) is 2.51. The topological polar surface area (TPSA) is 98.1 Å². The van der Waals surface area contributed by atoms with Crippen molar-refractivity contribution in [2.45, 2.75) is 44.7 Å². The average molecular weight is 456 g/mol. The van der Waals surface area contributed by atoms with Crippen LogP contribution in [0.3, 0.4) is 0 Å². The van der Waals surface area contributed by atoms with Crippen LogP contribution in [-0.2, 0) is 16.4 Å². The lowest BCUT2D eigenvalue weighted by Crippen LogP contribution is -2.31. The molecular weight excluding hydrogens is 434 g/mol. The number of nitrogens with one attached hydrogen (secondary N) is 1. The van der Waals surface area contributed by atoms with Gasteiger partial charge in [-0.25, -0.2) is 8.42 Å². The highest BCUT2D eigenvalue weighted by molar-refractivity contribution is 9.10. The number of nitrogens with zero attached hydrogens (tertiary/aromatic N) is 2. The van der Waals surface area contributed by atoms with Gasteiger partial charge in [-0.05, 0) is 48.3 Å². The minimum absolute atomic E-state index is 0.0422. The average Bonchev–Trinajstić information content (AvgIpc) is 2.63. The molecule has 2 rings (SSSR count). The van der Waals surface area contributed by atoms with Gasteiger partial charge < -0.3 is 9.88 Å². The Hall–Kier alpha value is -2.00. The molecule has 2 aromatic rings. The predicted molar refractivity (Wildman–Crippen MR) is 107 cm³/mol. The van der Waals surface area contributed by atoms with Gasteiger partial charge in [0.25, 0.3) is 5.91 Å². The van der Waals surface area contributed by atoms with Crippen molar-refractivity contribution in [2.75, 3.05) is 6.26 Å². The standard InChI is InChI=1S/C18H22BrN3O4S/c1-5-11(2)22-10-15(17(23)16(19)12(22)3)18(24)21-8-13-6-7-14(9-20-13)27(4,25)26/h6-7,9-11H,5,8H2,1-4H3,(H,21,24)/t11-/m1/s1. The van der Waals surface area contributed by atoms with Crippen molar-refractivity contribution in [2.24, 2.45) is 0 Å². The molecule has 0 aliphatic rings. The zero-order valence-electron chi connectivity index (χ0n) is 15.6. The Morgan fingerprint density at radius 2 is 2.04 bits per heavy atom. The van der Waals surface area contributed by atoms with Gasteiger partial charge in [-0.1, -0.05) is 6.92 Å². The van der Waals surface area contributed by atoms with Crippen molar-refractivity contribution in [3.8, 4) is 0 Å². The van der Waals surface area contributed by atoms with Crippen molar-refractivity contribution < 1.29 is 13.2 Å². The zero-order chi connectivity index (χ0) is 20.4. The van der Waals surface area contributed by atoms with Crippen LogP contribution in [-0.4, -0.2) is 30.1 Å². The van der Waals surface area contributed by atoms with Crippen LogP contribution < -0.4 is 10.7 Å². The Balaban J connectivity index is 2.23. The lowest BCUT2D eigenvalue weighted by atomic mass is 10.1. The molecule has 1 atom stereocenters. The van der Waals surface area contributed by atoms with E-state index in [0.717, 1.165) is 18.4 Å². The monoisotopic (exact) mass is 455 g/mol. The molecule has 1 amide bonds. The van der Waals surface area contributed by atoms with Crippen LogP contribution >= 0.6 is 15.9 Å². The van der Waals surface area contributed by atoms with E-state index in [2.05, 4.69) is 26.2 Å². The van der Waals surface area contributed by atoms with E-state index in [1.807, 2.05) is 25.3 Å². The highest BCUT2D eigenvalue weighted by Gasteiger charge is 2.18. The first-order chi connectivity index (χ1) is 12.6. The quantitative estimate of drug-likeness (QED) is 0.721. The number of carbonyl (C=O) groups is 1. The third-order valence-corrected chi connectivity index (χ3v) is 6.41. The Labute approximate surface area is 166 Å². The Bertz CT molecular complexity index is 1010. The third kappa shape index (κ3) is 4.84. The molecule has 2 heterocycles. The number of aromatic nitrogens is 2. The van der Waals surface area contributed by atoms with Crippen LogP contribution in [0.4, 0.5) is 0 Å². The van der Waals surface area contributed by atoms with Crippen molar-refractivity contribution in [1.29, 1.82) is 0 Å². The van der Waals surface area contributed by atoms with Crippen LogP contribution in [0.2, 0.25) is 0 Å². The van der Waals surface area contributed by atoms with Crippen LogP contribution in [0.25, 0.3) is 0 Å². The van der Waals surface area contributed by atoms with Gasteiger partial charge in [-0.3, -0.25) is 14.6 Å². The van der Waals surface area contributed by atoms with Gasteiger partial charge in [0.05, 0.1) is 21.6 Å². The lowest BCUT2D eigenvalue weighted by Gasteiger charge is -2.19. The maximum Gasteiger partial charge on any atom is 0.257 e. The van der Waals surface area contributed by atoms with E-state index in [9.17, 15) is 18.0 Å². The number of halogens is 1. The first kappa shape index (κ1) is 21.3. The van der Waals surface area contributed by atoms with Gasteiger partial charge >= 0.3 is 0 Å². The Morgan fingerprint density at radius 3 is 2.56 bits per heavy atom. The second-order valence-electron chi connectivity index (χ2n) is 6.38. The summed E-state index contributed by atoms with van der Waals surface area (Å²) in [6.07, 6.45) is 4.78. The normalized spacial score (nSPS) is 12.6. The van der Waals surface area contributed by atoms with Gasteiger partial charge in [0.15, 0.2) is 9.84 Å². The minimum Gasteiger partial charge on any atom is -0.347 e. The summed E-state index contributed by atoms with van der Waals surface area (Å²) in [4.78, 5) is 29.1. The van der Waals surface area contributed by atoms with E-state index in [-0.39, 0.29) is 28.5 Å². The van der Waals surface area contributed by atoms with Gasteiger partial charge in [0.2, 0.25) is 5.43 Å². The number of pyridine rings is 2. The van der Waals surface area contributed by atoms with Crippen LogP contribution in [0, 0.1) is 6.92 Å². The molecule has 0 unspecified atom stereocenters. The summed E-state index contributed by atoms with van der Waals surface area (Å²) in [5.41, 5.74) is 0.929. The third-order valence-electron chi connectivity index (χ3n) is 4.38. The molecule has 9 heteroatoms. The number of sulfone groups is 1. The van der Waals surface area contributed by atoms with Gasteiger partial charge in [0.1, 0.15) is 5.56 Å². The molecule has 0 aliphatic carbocycles. The lowest BCUT2D eigenvalue weighted by molar-refractivity contribution is 0.0948. The summed E-state index contributed by atoms with van der Waals surface area (Å²) in [7, 11) is -3.32. The van der Waals surface area contributed by atoms with Crippen LogP contribution in [0.1, 0.15) is 48.1 Å². The summed E-state index contributed by atoms with van der Waals surface area (Å²) in [6, 6.07) is 3.10. The first-order valence-corrected chi connectivity index (χ1v) is 11.1. The second-order valence-corrected chi connectivity index (χ2v) is 9.18. The van der Waals surface area contributed by atoms with E-state index < -0.39 is 15.7 Å². The molecule has 0 saturated heterocycles. The smallest absolute Gasteiger partial charge is 0.257 e. The van der Waals surface area contributed by atoms with Crippen LogP contribution in [0.15, 0.2) is 38.7 Å². The predicted octanol–water partition coefficient (Wildman–Crippen LogP) is 2.62. The molecular formula is C18H22BrN3O4S. The molecule has 7 nitrogen and oxygen atoms in total. The maximum atomic E-state index is 12.5. The van der Waals surface area contributed by atoms with Crippen LogP contribution in [0.5, 0.6) is 0 Å². The van der Waals surface area contributed by atoms with E-state index in [4.69, 9.17) is 0 Å². The van der Waals surface area contributed by atoms with Crippen molar-refractivity contribution >= 4 is 31.7 Å². The number of carbonyl (C=O) groups excluding carboxylic acids is 1. The molecule has 2 aromatic heterocycles. The molecule has 0 bridgehead atoms. The molecule has 27 heavy (non-hydrogen) atoms. The molecule has 0 aromatic carbocycles. The van der Waals surface area contributed by atoms with Gasteiger partial charge in [-0.2, -0.15) is 0 Å². The minimum atomic E-state index is -3.32. The highest BCUT2D eigenvalue weighted by atomic mass is 79.9. The number of rotatable bonds is 6. The van der Waals surface area contributed by atoms with E-state index >= 15 is 0 Å². The molecule has 0 radical (unpaired) electrons. The molecule has 0 spiro atoms. The molecule has 1 N–H and O–H groups in total. The number of hydrogen-bond donors (Lipinski definition) is 1. The molecule has 146 valence electrons. The molecule has 0 aliphatic heterocycles. The largest absolute Gasteiger partial charge is 0.347 e. The summed E-state index contributed by atoms with van der Waals surface area (Å²) >= 11 is 3.29. The van der Waals surface area contributed by atoms with Crippen molar-refractivity contribution in [3.05, 3.63) is 56.2 Å².